The number of anilines is 6. The van der Waals surface area contributed by atoms with E-state index in [2.05, 4.69) is 150 Å². The molecule has 0 bridgehead atoms. The molecule has 19 rings (SSSR count). The van der Waals surface area contributed by atoms with Crippen molar-refractivity contribution in [3.8, 4) is 67.5 Å². The summed E-state index contributed by atoms with van der Waals surface area (Å²) in [5.74, 6) is -1.51. The summed E-state index contributed by atoms with van der Waals surface area (Å²) in [6, 6.07) is 99.7. The Kier molecular flexibility index (Phi) is 18.0. The minimum absolute atomic E-state index is 0.0614. The second-order valence-electron chi connectivity index (χ2n) is 30.2. The summed E-state index contributed by atoms with van der Waals surface area (Å²) in [5, 5.41) is 1.34. The van der Waals surface area contributed by atoms with Crippen LogP contribution in [-0.2, 0) is 10.8 Å². The molecule has 0 amide bonds. The van der Waals surface area contributed by atoms with E-state index in [-0.39, 0.29) is 33.6 Å². The molecule has 2 unspecified atom stereocenters. The van der Waals surface area contributed by atoms with Crippen LogP contribution in [0.5, 0.6) is 23.0 Å². The summed E-state index contributed by atoms with van der Waals surface area (Å²) in [5.41, 5.74) is 18.4. The number of ether oxygens (including phenoxy) is 2. The van der Waals surface area contributed by atoms with Gasteiger partial charge in [-0.1, -0.05) is 206 Å². The smallest absolute Gasteiger partial charge is 0.148 e. The van der Waals surface area contributed by atoms with Gasteiger partial charge in [0.2, 0.25) is 0 Å². The number of hydrogen-bond acceptors (Lipinski definition) is 5. The van der Waals surface area contributed by atoms with E-state index in [1.54, 1.807) is 34.1 Å². The molecule has 5 nitrogen and oxygen atoms in total. The summed E-state index contributed by atoms with van der Waals surface area (Å²) in [6.07, 6.45) is 3.57. The van der Waals surface area contributed by atoms with Gasteiger partial charge in [0, 0.05) is 68.9 Å². The van der Waals surface area contributed by atoms with Crippen molar-refractivity contribution in [2.75, 3.05) is 9.80 Å². The first-order valence-corrected chi connectivity index (χ1v) is 38.7. The third kappa shape index (κ3) is 12.4. The number of aryl methyl sites for hydroxylation is 4. The SMILES string of the molecule is C=Cc1ccc(Oc2ccc(C3(c4cc(C)ccc4C)c4ccccc4-c4ccc(N(c5ccc6c(c5)oc5cc(N(c7ccc8c(c7)C(c7ccc(Oc9ccc(C=C)cc9)cc7)(c7cc(C)ccc7C)c7ccccc7-8)c7cc(F)c(-c8ccc(F)cc8)cc7F)ccc56)c5cc(F)c(-c6ccc(F)cc6)cc5F)cc43)cc2)cc1. The molecule has 566 valence electrons. The highest BCUT2D eigenvalue weighted by atomic mass is 19.1. The molecule has 0 spiro atoms. The van der Waals surface area contributed by atoms with Crippen molar-refractivity contribution < 1.29 is 40.2 Å². The monoisotopic (exact) mass is 1530 g/mol. The molecule has 117 heavy (non-hydrogen) atoms. The predicted octanol–water partition coefficient (Wildman–Crippen LogP) is 29.5. The fourth-order valence-electron chi connectivity index (χ4n) is 17.8. The van der Waals surface area contributed by atoms with Gasteiger partial charge in [-0.25, -0.2) is 26.3 Å². The molecule has 0 fully saturated rings. The molecular formula is C106H72F6N2O3. The van der Waals surface area contributed by atoms with E-state index in [9.17, 15) is 8.78 Å². The quantitative estimate of drug-likeness (QED) is 0.0801. The van der Waals surface area contributed by atoms with Gasteiger partial charge in [0.1, 0.15) is 69.1 Å². The Morgan fingerprint density at radius 2 is 0.650 bits per heavy atom. The Bertz CT molecular complexity index is 6450. The van der Waals surface area contributed by atoms with E-state index < -0.39 is 45.7 Å². The molecule has 0 radical (unpaired) electrons. The molecule has 1 aromatic heterocycles. The lowest BCUT2D eigenvalue weighted by Crippen LogP contribution is -2.30. The Hall–Kier alpha value is -14.4. The van der Waals surface area contributed by atoms with Crippen molar-refractivity contribution in [2.45, 2.75) is 38.5 Å². The van der Waals surface area contributed by atoms with Crippen molar-refractivity contribution in [3.63, 3.8) is 0 Å². The van der Waals surface area contributed by atoms with Gasteiger partial charge in [-0.2, -0.15) is 0 Å². The van der Waals surface area contributed by atoms with Crippen LogP contribution in [0.25, 0.3) is 78.6 Å². The van der Waals surface area contributed by atoms with Gasteiger partial charge in [-0.05, 0) is 261 Å². The minimum atomic E-state index is -0.992. The van der Waals surface area contributed by atoms with Gasteiger partial charge in [-0.15, -0.1) is 0 Å². The number of halogens is 6. The number of benzene rings is 16. The number of rotatable bonds is 18. The number of nitrogens with zero attached hydrogens (tertiary/aromatic N) is 2. The fourth-order valence-corrected chi connectivity index (χ4v) is 17.8. The van der Waals surface area contributed by atoms with Crippen LogP contribution in [0, 0.1) is 62.6 Å². The largest absolute Gasteiger partial charge is 0.457 e. The van der Waals surface area contributed by atoms with Crippen LogP contribution < -0.4 is 19.3 Å². The van der Waals surface area contributed by atoms with Gasteiger partial charge < -0.3 is 23.7 Å². The van der Waals surface area contributed by atoms with E-state index >= 15 is 17.6 Å². The van der Waals surface area contributed by atoms with E-state index in [0.29, 0.717) is 67.7 Å². The Morgan fingerprint density at radius 3 is 1.03 bits per heavy atom. The van der Waals surface area contributed by atoms with Gasteiger partial charge in [-0.3, -0.25) is 0 Å². The van der Waals surface area contributed by atoms with Crippen LogP contribution in [0.2, 0.25) is 0 Å². The summed E-state index contributed by atoms with van der Waals surface area (Å²) < 4.78 is 120. The molecule has 1 heterocycles. The molecule has 11 heteroatoms. The summed E-state index contributed by atoms with van der Waals surface area (Å²) in [6.45, 7) is 16.2. The maximum absolute atomic E-state index is 18.1. The topological polar surface area (TPSA) is 38.1 Å². The highest BCUT2D eigenvalue weighted by Crippen LogP contribution is 2.61. The molecule has 16 aromatic carbocycles. The maximum Gasteiger partial charge on any atom is 0.148 e. The van der Waals surface area contributed by atoms with Crippen LogP contribution >= 0.6 is 0 Å². The van der Waals surface area contributed by atoms with Gasteiger partial charge in [0.25, 0.3) is 0 Å². The maximum atomic E-state index is 18.1. The minimum Gasteiger partial charge on any atom is -0.457 e. The highest BCUT2D eigenvalue weighted by Gasteiger charge is 2.49. The van der Waals surface area contributed by atoms with E-state index in [1.807, 2.05) is 133 Å². The lowest BCUT2D eigenvalue weighted by atomic mass is 9.66. The van der Waals surface area contributed by atoms with Crippen LogP contribution in [0.3, 0.4) is 0 Å². The zero-order valence-corrected chi connectivity index (χ0v) is 64.1. The lowest BCUT2D eigenvalue weighted by Gasteiger charge is -2.36. The average molecular weight is 1540 g/mol. The normalized spacial score (nSPS) is 14.4. The first kappa shape index (κ1) is 72.8. The summed E-state index contributed by atoms with van der Waals surface area (Å²) in [4.78, 5) is 3.39. The molecule has 2 aliphatic rings. The van der Waals surface area contributed by atoms with Crippen LogP contribution in [0.4, 0.5) is 60.5 Å². The molecule has 2 atom stereocenters. The van der Waals surface area contributed by atoms with Crippen LogP contribution in [0.15, 0.2) is 345 Å². The molecule has 17 aromatic rings. The van der Waals surface area contributed by atoms with Crippen molar-refractivity contribution in [1.82, 2.24) is 0 Å². The number of hydrogen-bond donors (Lipinski definition) is 0. The zero-order chi connectivity index (χ0) is 80.1. The van der Waals surface area contributed by atoms with E-state index in [1.165, 1.54) is 60.7 Å². The third-order valence-corrected chi connectivity index (χ3v) is 23.3. The molecule has 0 N–H and O–H groups in total. The Balaban J connectivity index is 0.786. The second kappa shape index (κ2) is 28.9. The third-order valence-electron chi connectivity index (χ3n) is 23.3. The summed E-state index contributed by atoms with van der Waals surface area (Å²) in [7, 11) is 0. The molecule has 0 saturated carbocycles. The van der Waals surface area contributed by atoms with Crippen molar-refractivity contribution >= 4 is 68.2 Å². The molecule has 0 saturated heterocycles. The van der Waals surface area contributed by atoms with Crippen molar-refractivity contribution in [2.24, 2.45) is 0 Å². The van der Waals surface area contributed by atoms with Gasteiger partial charge in [0.15, 0.2) is 0 Å². The fraction of sp³-hybridized carbons (Fsp3) is 0.0566. The van der Waals surface area contributed by atoms with Gasteiger partial charge in [0.05, 0.1) is 22.2 Å². The van der Waals surface area contributed by atoms with Crippen molar-refractivity contribution in [1.29, 1.82) is 0 Å². The average Bonchev–Trinajstić information content (AvgIpc) is 1.54. The van der Waals surface area contributed by atoms with Crippen LogP contribution in [0.1, 0.15) is 77.9 Å². The van der Waals surface area contributed by atoms with E-state index in [4.69, 9.17) is 13.9 Å². The Morgan fingerprint density at radius 1 is 0.299 bits per heavy atom. The number of fused-ring (bicyclic) bond motifs is 9. The molecular weight excluding hydrogens is 1460 g/mol. The van der Waals surface area contributed by atoms with Gasteiger partial charge >= 0.3 is 0 Å². The molecule has 2 aliphatic carbocycles. The summed E-state index contributed by atoms with van der Waals surface area (Å²) >= 11 is 0. The number of furan rings is 1. The molecule has 0 aliphatic heterocycles. The van der Waals surface area contributed by atoms with E-state index in [0.717, 1.165) is 112 Å². The second-order valence-corrected chi connectivity index (χ2v) is 30.2. The first-order valence-electron chi connectivity index (χ1n) is 38.7. The standard InChI is InChI=1S/C106H72F6N2O3/c1-7-67-21-41-79(42-22-67)115-81-45-29-71(30-46-81)105(93-53-63(3)17-19-65(93)5)91-15-11-9-13-83(91)85-49-37-75(55-95(85)105)113(101-61-97(109)89(59-99(101)111)69-25-33-73(107)34-26-69)77-39-51-87-88-52-40-78(58-104(88)117-103(87)57-77)114(102-62-98(110)90(60-100(102)112)70-27-35-74(108)36-28-70)76-38-50-86-84-14-10-12-16-92(84)106(96(86)56-76,94-54-64(4)18-20-66(94)6)72-31-47-82(48-32-72)116-80-43-23-68(8-2)24-44-80/h7-62H,1-2H2,3-6H3. The zero-order valence-electron chi connectivity index (χ0n) is 64.1. The Labute approximate surface area is 673 Å². The predicted molar refractivity (Wildman–Crippen MR) is 460 cm³/mol. The first-order chi connectivity index (χ1) is 56.9. The van der Waals surface area contributed by atoms with Crippen LogP contribution in [-0.4, -0.2) is 0 Å². The van der Waals surface area contributed by atoms with Crippen molar-refractivity contribution in [3.05, 3.63) is 454 Å². The highest BCUT2D eigenvalue weighted by molar-refractivity contribution is 6.08. The lowest BCUT2D eigenvalue weighted by molar-refractivity contribution is 0.482.